The molecule has 4 nitrogen and oxygen atoms in total. The first kappa shape index (κ1) is 16.4. The maximum atomic E-state index is 13.9. The maximum Gasteiger partial charge on any atom is 0.243 e. The molecule has 1 aliphatic rings. The third kappa shape index (κ3) is 3.27. The van der Waals surface area contributed by atoms with Gasteiger partial charge in [0.25, 0.3) is 0 Å². The largest absolute Gasteiger partial charge is 0.326 e. The van der Waals surface area contributed by atoms with Gasteiger partial charge in [-0.1, -0.05) is 13.3 Å². The molecule has 0 atom stereocenters. The van der Waals surface area contributed by atoms with E-state index in [4.69, 9.17) is 5.73 Å². The van der Waals surface area contributed by atoms with Gasteiger partial charge in [0.2, 0.25) is 10.0 Å². The molecule has 2 N–H and O–H groups in total. The van der Waals surface area contributed by atoms with Crippen LogP contribution in [0.15, 0.2) is 17.0 Å². The number of nitrogens with zero attached hydrogens (tertiary/aromatic N) is 1. The molecule has 0 aromatic heterocycles. The number of nitrogens with two attached hydrogens (primary N) is 1. The SMILES string of the molecule is CCC1CCN(S(=O)(=O)c2cc(CN)cc(F)c2C)CC1. The highest BCUT2D eigenvalue weighted by Crippen LogP contribution is 2.28. The van der Waals surface area contributed by atoms with E-state index in [1.807, 2.05) is 0 Å². The zero-order valence-electron chi connectivity index (χ0n) is 12.6. The van der Waals surface area contributed by atoms with Crippen LogP contribution in [0.25, 0.3) is 0 Å². The standard InChI is InChI=1S/C15H23FN2O2S/c1-3-12-4-6-18(7-5-12)21(19,20)15-9-13(10-17)8-14(16)11(15)2/h8-9,12H,3-7,10,17H2,1-2H3. The molecule has 0 radical (unpaired) electrons. The quantitative estimate of drug-likeness (QED) is 0.928. The summed E-state index contributed by atoms with van der Waals surface area (Å²) in [6.07, 6.45) is 2.81. The van der Waals surface area contributed by atoms with Crippen LogP contribution in [0.3, 0.4) is 0 Å². The average molecular weight is 314 g/mol. The van der Waals surface area contributed by atoms with Crippen molar-refractivity contribution in [3.8, 4) is 0 Å². The highest BCUT2D eigenvalue weighted by atomic mass is 32.2. The van der Waals surface area contributed by atoms with Crippen LogP contribution in [0.1, 0.15) is 37.3 Å². The summed E-state index contributed by atoms with van der Waals surface area (Å²) >= 11 is 0. The molecule has 0 bridgehead atoms. The number of hydrogen-bond acceptors (Lipinski definition) is 3. The summed E-state index contributed by atoms with van der Waals surface area (Å²) < 4.78 is 40.9. The molecule has 0 saturated carbocycles. The highest BCUT2D eigenvalue weighted by molar-refractivity contribution is 7.89. The Bertz CT molecular complexity index is 608. The lowest BCUT2D eigenvalue weighted by molar-refractivity contribution is 0.269. The zero-order chi connectivity index (χ0) is 15.6. The zero-order valence-corrected chi connectivity index (χ0v) is 13.4. The lowest BCUT2D eigenvalue weighted by atomic mass is 9.96. The van der Waals surface area contributed by atoms with Crippen LogP contribution >= 0.6 is 0 Å². The van der Waals surface area contributed by atoms with Crippen molar-refractivity contribution in [2.45, 2.75) is 44.6 Å². The summed E-state index contributed by atoms with van der Waals surface area (Å²) in [6.45, 7) is 4.77. The molecule has 21 heavy (non-hydrogen) atoms. The molecule has 2 rings (SSSR count). The molecule has 1 aromatic rings. The van der Waals surface area contributed by atoms with Gasteiger partial charge in [0, 0.05) is 25.2 Å². The topological polar surface area (TPSA) is 63.4 Å². The van der Waals surface area contributed by atoms with Crippen molar-refractivity contribution in [2.75, 3.05) is 13.1 Å². The monoisotopic (exact) mass is 314 g/mol. The van der Waals surface area contributed by atoms with Crippen molar-refractivity contribution in [1.29, 1.82) is 0 Å². The predicted molar refractivity (Wildman–Crippen MR) is 80.8 cm³/mol. The van der Waals surface area contributed by atoms with Gasteiger partial charge in [0.05, 0.1) is 4.90 Å². The normalized spacial score (nSPS) is 18.1. The van der Waals surface area contributed by atoms with Crippen LogP contribution in [-0.2, 0) is 16.6 Å². The third-order valence-electron chi connectivity index (χ3n) is 4.36. The molecule has 0 amide bonds. The number of sulfonamides is 1. The molecule has 1 fully saturated rings. The molecule has 0 spiro atoms. The van der Waals surface area contributed by atoms with Gasteiger partial charge in [-0.05, 0) is 43.4 Å². The summed E-state index contributed by atoms with van der Waals surface area (Å²) in [5, 5.41) is 0. The van der Waals surface area contributed by atoms with E-state index in [0.717, 1.165) is 19.3 Å². The Labute approximate surface area is 126 Å². The second kappa shape index (κ2) is 6.42. The second-order valence-electron chi connectivity index (χ2n) is 5.66. The van der Waals surface area contributed by atoms with Gasteiger partial charge in [-0.15, -0.1) is 0 Å². The van der Waals surface area contributed by atoms with E-state index in [-0.39, 0.29) is 17.0 Å². The molecular formula is C15H23FN2O2S. The van der Waals surface area contributed by atoms with Crippen LogP contribution in [-0.4, -0.2) is 25.8 Å². The average Bonchev–Trinajstić information content (AvgIpc) is 2.49. The summed E-state index contributed by atoms with van der Waals surface area (Å²) in [6, 6.07) is 2.80. The van der Waals surface area contributed by atoms with E-state index in [1.54, 1.807) is 0 Å². The molecule has 1 aliphatic heterocycles. The van der Waals surface area contributed by atoms with Crippen molar-refractivity contribution in [2.24, 2.45) is 11.7 Å². The van der Waals surface area contributed by atoms with E-state index in [9.17, 15) is 12.8 Å². The molecule has 1 saturated heterocycles. The Kier molecular flexibility index (Phi) is 5.01. The third-order valence-corrected chi connectivity index (χ3v) is 6.39. The van der Waals surface area contributed by atoms with E-state index < -0.39 is 15.8 Å². The summed E-state index contributed by atoms with van der Waals surface area (Å²) in [5.41, 5.74) is 6.19. The van der Waals surface area contributed by atoms with Crippen molar-refractivity contribution in [3.63, 3.8) is 0 Å². The minimum Gasteiger partial charge on any atom is -0.326 e. The van der Waals surface area contributed by atoms with Gasteiger partial charge in [-0.2, -0.15) is 4.31 Å². The number of hydrogen-bond donors (Lipinski definition) is 1. The summed E-state index contributed by atoms with van der Waals surface area (Å²) in [4.78, 5) is 0.0536. The van der Waals surface area contributed by atoms with E-state index in [0.29, 0.717) is 24.6 Å². The molecular weight excluding hydrogens is 291 g/mol. The summed E-state index contributed by atoms with van der Waals surface area (Å²) in [7, 11) is -3.64. The van der Waals surface area contributed by atoms with Gasteiger partial charge < -0.3 is 5.73 Å². The van der Waals surface area contributed by atoms with Crippen LogP contribution in [0.5, 0.6) is 0 Å². The Balaban J connectivity index is 2.34. The van der Waals surface area contributed by atoms with Gasteiger partial charge in [-0.3, -0.25) is 0 Å². The van der Waals surface area contributed by atoms with E-state index in [1.165, 1.54) is 23.4 Å². The van der Waals surface area contributed by atoms with Crippen molar-refractivity contribution < 1.29 is 12.8 Å². The highest BCUT2D eigenvalue weighted by Gasteiger charge is 2.30. The number of piperidine rings is 1. The van der Waals surface area contributed by atoms with Crippen molar-refractivity contribution >= 4 is 10.0 Å². The minimum atomic E-state index is -3.64. The molecule has 1 aromatic carbocycles. The van der Waals surface area contributed by atoms with Crippen LogP contribution < -0.4 is 5.73 Å². The van der Waals surface area contributed by atoms with Crippen LogP contribution in [0, 0.1) is 18.7 Å². The van der Waals surface area contributed by atoms with Crippen LogP contribution in [0.2, 0.25) is 0 Å². The van der Waals surface area contributed by atoms with Crippen molar-refractivity contribution in [3.05, 3.63) is 29.1 Å². The molecule has 1 heterocycles. The Morgan fingerprint density at radius 3 is 2.48 bits per heavy atom. The van der Waals surface area contributed by atoms with Crippen LogP contribution in [0.4, 0.5) is 4.39 Å². The van der Waals surface area contributed by atoms with Gasteiger partial charge in [0.15, 0.2) is 0 Å². The summed E-state index contributed by atoms with van der Waals surface area (Å²) in [5.74, 6) is 0.0737. The Morgan fingerprint density at radius 1 is 1.33 bits per heavy atom. The fraction of sp³-hybridized carbons (Fsp3) is 0.600. The molecule has 118 valence electrons. The molecule has 0 unspecified atom stereocenters. The second-order valence-corrected chi connectivity index (χ2v) is 7.57. The number of rotatable bonds is 4. The predicted octanol–water partition coefficient (Wildman–Crippen LogP) is 2.40. The first-order chi connectivity index (χ1) is 9.90. The smallest absolute Gasteiger partial charge is 0.243 e. The minimum absolute atomic E-state index is 0.0536. The Morgan fingerprint density at radius 2 is 1.95 bits per heavy atom. The maximum absolute atomic E-state index is 13.9. The molecule has 6 heteroatoms. The van der Waals surface area contributed by atoms with E-state index in [2.05, 4.69) is 6.92 Å². The fourth-order valence-electron chi connectivity index (χ4n) is 2.79. The van der Waals surface area contributed by atoms with Gasteiger partial charge >= 0.3 is 0 Å². The molecule has 0 aliphatic carbocycles. The lowest BCUT2D eigenvalue weighted by Crippen LogP contribution is -2.38. The lowest BCUT2D eigenvalue weighted by Gasteiger charge is -2.31. The van der Waals surface area contributed by atoms with Gasteiger partial charge in [-0.25, -0.2) is 12.8 Å². The Hall–Kier alpha value is -0.980. The number of benzene rings is 1. The van der Waals surface area contributed by atoms with Crippen molar-refractivity contribution in [1.82, 2.24) is 4.31 Å². The first-order valence-electron chi connectivity index (χ1n) is 7.39. The van der Waals surface area contributed by atoms with Gasteiger partial charge in [0.1, 0.15) is 5.82 Å². The number of halogens is 1. The fourth-order valence-corrected chi connectivity index (χ4v) is 4.54. The van der Waals surface area contributed by atoms with E-state index >= 15 is 0 Å². The first-order valence-corrected chi connectivity index (χ1v) is 8.83.